The molecule has 3 aromatic carbocycles. The van der Waals surface area contributed by atoms with Crippen LogP contribution in [0.15, 0.2) is 66.7 Å². The van der Waals surface area contributed by atoms with Gasteiger partial charge >= 0.3 is 5.97 Å². The minimum atomic E-state index is -0.999. The molecular weight excluding hydrogens is 348 g/mol. The van der Waals surface area contributed by atoms with Gasteiger partial charge < -0.3 is 9.84 Å². The molecular formula is C22H19ClO3. The molecule has 0 atom stereocenters. The largest absolute Gasteiger partial charge is 0.492 e. The number of aromatic carboxylic acids is 1. The Balaban J connectivity index is 1.76. The third kappa shape index (κ3) is 4.44. The zero-order chi connectivity index (χ0) is 18.5. The van der Waals surface area contributed by atoms with Crippen LogP contribution in [0.3, 0.4) is 0 Å². The number of halogens is 1. The number of benzene rings is 3. The van der Waals surface area contributed by atoms with Gasteiger partial charge in [0.05, 0.1) is 6.61 Å². The summed E-state index contributed by atoms with van der Waals surface area (Å²) in [7, 11) is 0. The van der Waals surface area contributed by atoms with E-state index in [0.717, 1.165) is 22.3 Å². The molecule has 0 aliphatic heterocycles. The first kappa shape index (κ1) is 18.0. The highest BCUT2D eigenvalue weighted by Gasteiger charge is 2.13. The number of ether oxygens (including phenoxy) is 1. The summed E-state index contributed by atoms with van der Waals surface area (Å²) in [4.78, 5) is 11.6. The molecule has 0 saturated carbocycles. The molecule has 4 heteroatoms. The van der Waals surface area contributed by atoms with Crippen molar-refractivity contribution in [1.82, 2.24) is 0 Å². The summed E-state index contributed by atoms with van der Waals surface area (Å²) in [6.07, 6.45) is 0.676. The smallest absolute Gasteiger partial charge is 0.339 e. The van der Waals surface area contributed by atoms with Crippen molar-refractivity contribution in [2.45, 2.75) is 13.3 Å². The van der Waals surface area contributed by atoms with Crippen LogP contribution < -0.4 is 4.74 Å². The Morgan fingerprint density at radius 1 is 1.00 bits per heavy atom. The lowest BCUT2D eigenvalue weighted by Gasteiger charge is -2.11. The Hall–Kier alpha value is -2.78. The van der Waals surface area contributed by atoms with Gasteiger partial charge in [0.15, 0.2) is 0 Å². The fraction of sp³-hybridized carbons (Fsp3) is 0.136. The number of carbonyl (C=O) groups is 1. The quantitative estimate of drug-likeness (QED) is 0.614. The van der Waals surface area contributed by atoms with Crippen LogP contribution in [0.5, 0.6) is 5.75 Å². The van der Waals surface area contributed by atoms with E-state index >= 15 is 0 Å². The highest BCUT2D eigenvalue weighted by Crippen LogP contribution is 2.27. The molecule has 0 fully saturated rings. The lowest BCUT2D eigenvalue weighted by molar-refractivity contribution is 0.0692. The first-order chi connectivity index (χ1) is 12.5. The number of aryl methyl sites for hydroxylation is 1. The second-order valence-electron chi connectivity index (χ2n) is 6.11. The number of carboxylic acids is 1. The predicted molar refractivity (Wildman–Crippen MR) is 104 cm³/mol. The van der Waals surface area contributed by atoms with E-state index in [9.17, 15) is 9.90 Å². The molecule has 3 aromatic rings. The molecule has 0 saturated heterocycles. The van der Waals surface area contributed by atoms with Crippen molar-refractivity contribution < 1.29 is 14.6 Å². The van der Waals surface area contributed by atoms with Gasteiger partial charge in [-0.3, -0.25) is 0 Å². The Kier molecular flexibility index (Phi) is 5.59. The second-order valence-corrected chi connectivity index (χ2v) is 6.55. The number of hydrogen-bond donors (Lipinski definition) is 1. The fourth-order valence-corrected chi connectivity index (χ4v) is 2.88. The zero-order valence-corrected chi connectivity index (χ0v) is 15.2. The molecule has 3 rings (SSSR count). The van der Waals surface area contributed by atoms with E-state index in [4.69, 9.17) is 16.3 Å². The topological polar surface area (TPSA) is 46.5 Å². The maximum Gasteiger partial charge on any atom is 0.339 e. The minimum Gasteiger partial charge on any atom is -0.492 e. The van der Waals surface area contributed by atoms with Crippen LogP contribution in [0.2, 0.25) is 5.02 Å². The van der Waals surface area contributed by atoms with Crippen molar-refractivity contribution >= 4 is 17.6 Å². The summed E-state index contributed by atoms with van der Waals surface area (Å²) in [5.74, 6) is -0.621. The molecule has 3 nitrogen and oxygen atoms in total. The molecule has 0 bridgehead atoms. The maximum absolute atomic E-state index is 11.6. The zero-order valence-electron chi connectivity index (χ0n) is 14.4. The average Bonchev–Trinajstić information content (AvgIpc) is 2.63. The van der Waals surface area contributed by atoms with E-state index in [2.05, 4.69) is 0 Å². The lowest BCUT2D eigenvalue weighted by Crippen LogP contribution is -2.06. The van der Waals surface area contributed by atoms with Gasteiger partial charge in [0.1, 0.15) is 11.3 Å². The number of hydrogen-bond acceptors (Lipinski definition) is 2. The Morgan fingerprint density at radius 2 is 1.73 bits per heavy atom. The van der Waals surface area contributed by atoms with Crippen LogP contribution >= 0.6 is 11.6 Å². The van der Waals surface area contributed by atoms with Gasteiger partial charge in [-0.1, -0.05) is 59.6 Å². The van der Waals surface area contributed by atoms with E-state index in [-0.39, 0.29) is 5.56 Å². The van der Waals surface area contributed by atoms with Crippen LogP contribution in [0.25, 0.3) is 11.1 Å². The fourth-order valence-electron chi connectivity index (χ4n) is 2.76. The average molecular weight is 367 g/mol. The van der Waals surface area contributed by atoms with Crippen molar-refractivity contribution in [1.29, 1.82) is 0 Å². The third-order valence-electron chi connectivity index (χ3n) is 4.12. The van der Waals surface area contributed by atoms with Crippen LogP contribution in [0.1, 0.15) is 21.5 Å². The van der Waals surface area contributed by atoms with Gasteiger partial charge in [-0.05, 0) is 47.9 Å². The van der Waals surface area contributed by atoms with Crippen molar-refractivity contribution in [3.63, 3.8) is 0 Å². The van der Waals surface area contributed by atoms with Crippen LogP contribution in [-0.2, 0) is 6.42 Å². The summed E-state index contributed by atoms with van der Waals surface area (Å²) in [6.45, 7) is 2.40. The standard InChI is InChI=1S/C22H19ClO3/c1-15-3-2-4-17(13-15)18-7-10-21(20(14-18)22(24)25)26-12-11-16-5-8-19(23)9-6-16/h2-10,13-14H,11-12H2,1H3,(H,24,25). The third-order valence-corrected chi connectivity index (χ3v) is 4.37. The highest BCUT2D eigenvalue weighted by molar-refractivity contribution is 6.30. The first-order valence-corrected chi connectivity index (χ1v) is 8.72. The van der Waals surface area contributed by atoms with E-state index in [0.29, 0.717) is 23.8 Å². The molecule has 132 valence electrons. The Morgan fingerprint density at radius 3 is 2.42 bits per heavy atom. The van der Waals surface area contributed by atoms with Gasteiger partial charge in [-0.15, -0.1) is 0 Å². The van der Waals surface area contributed by atoms with Crippen molar-refractivity contribution in [2.75, 3.05) is 6.61 Å². The van der Waals surface area contributed by atoms with Crippen LogP contribution in [0.4, 0.5) is 0 Å². The van der Waals surface area contributed by atoms with Crippen molar-refractivity contribution in [2.24, 2.45) is 0 Å². The van der Waals surface area contributed by atoms with Gasteiger partial charge in [-0.25, -0.2) is 4.79 Å². The molecule has 0 amide bonds. The normalized spacial score (nSPS) is 10.5. The van der Waals surface area contributed by atoms with Crippen LogP contribution in [-0.4, -0.2) is 17.7 Å². The molecule has 0 spiro atoms. The minimum absolute atomic E-state index is 0.167. The van der Waals surface area contributed by atoms with E-state index in [1.165, 1.54) is 0 Å². The molecule has 0 aromatic heterocycles. The molecule has 26 heavy (non-hydrogen) atoms. The summed E-state index contributed by atoms with van der Waals surface area (Å²) >= 11 is 5.88. The molecule has 0 radical (unpaired) electrons. The number of rotatable bonds is 6. The second kappa shape index (κ2) is 8.07. The Bertz CT molecular complexity index is 917. The van der Waals surface area contributed by atoms with Gasteiger partial charge in [0, 0.05) is 11.4 Å². The molecule has 1 N–H and O–H groups in total. The summed E-state index contributed by atoms with van der Waals surface area (Å²) in [6, 6.07) is 20.8. The number of carboxylic acid groups (broad SMARTS) is 1. The van der Waals surface area contributed by atoms with E-state index < -0.39 is 5.97 Å². The SMILES string of the molecule is Cc1cccc(-c2ccc(OCCc3ccc(Cl)cc3)c(C(=O)O)c2)c1. The predicted octanol–water partition coefficient (Wildman–Crippen LogP) is 5.64. The van der Waals surface area contributed by atoms with E-state index in [1.807, 2.05) is 61.5 Å². The summed E-state index contributed by atoms with van der Waals surface area (Å²) in [5.41, 5.74) is 4.22. The van der Waals surface area contributed by atoms with Gasteiger partial charge in [-0.2, -0.15) is 0 Å². The Labute approximate surface area is 157 Å². The highest BCUT2D eigenvalue weighted by atomic mass is 35.5. The lowest BCUT2D eigenvalue weighted by atomic mass is 10.0. The molecule has 0 unspecified atom stereocenters. The molecule has 0 aliphatic carbocycles. The van der Waals surface area contributed by atoms with Gasteiger partial charge in [0.25, 0.3) is 0 Å². The first-order valence-electron chi connectivity index (χ1n) is 8.34. The summed E-state index contributed by atoms with van der Waals surface area (Å²) in [5, 5.41) is 10.2. The van der Waals surface area contributed by atoms with Crippen molar-refractivity contribution in [3.05, 3.63) is 88.4 Å². The summed E-state index contributed by atoms with van der Waals surface area (Å²) < 4.78 is 5.73. The van der Waals surface area contributed by atoms with Crippen molar-refractivity contribution in [3.8, 4) is 16.9 Å². The maximum atomic E-state index is 11.6. The molecule has 0 heterocycles. The molecule has 0 aliphatic rings. The van der Waals surface area contributed by atoms with Gasteiger partial charge in [0.2, 0.25) is 0 Å². The monoisotopic (exact) mass is 366 g/mol. The van der Waals surface area contributed by atoms with Crippen LogP contribution in [0, 0.1) is 6.92 Å². The van der Waals surface area contributed by atoms with E-state index in [1.54, 1.807) is 12.1 Å².